The summed E-state index contributed by atoms with van der Waals surface area (Å²) < 4.78 is 5.44. The Kier molecular flexibility index (Phi) is 5.51. The van der Waals surface area contributed by atoms with E-state index in [1.54, 1.807) is 0 Å². The summed E-state index contributed by atoms with van der Waals surface area (Å²) in [5.41, 5.74) is 0.957. The van der Waals surface area contributed by atoms with Crippen LogP contribution in [0.4, 0.5) is 0 Å². The second-order valence-electron chi connectivity index (χ2n) is 4.04. The minimum absolute atomic E-state index is 0.273. The van der Waals surface area contributed by atoms with Gasteiger partial charge in [-0.1, -0.05) is 19.1 Å². The largest absolute Gasteiger partial charge is 0.494 e. The second-order valence-corrected chi connectivity index (χ2v) is 4.04. The van der Waals surface area contributed by atoms with Crippen LogP contribution in [0.2, 0.25) is 0 Å². The Hall–Kier alpha value is -1.53. The van der Waals surface area contributed by atoms with Crippen molar-refractivity contribution in [1.29, 1.82) is 5.26 Å². The number of ether oxygens (including phenoxy) is 1. The minimum atomic E-state index is -0.273. The van der Waals surface area contributed by atoms with Gasteiger partial charge < -0.3 is 4.74 Å². The van der Waals surface area contributed by atoms with Gasteiger partial charge in [-0.25, -0.2) is 0 Å². The van der Waals surface area contributed by atoms with Gasteiger partial charge in [0.25, 0.3) is 0 Å². The van der Waals surface area contributed by atoms with Crippen LogP contribution in [0.15, 0.2) is 24.3 Å². The number of nitrogens with one attached hydrogen (secondary N) is 1. The quantitative estimate of drug-likeness (QED) is 0.820. The summed E-state index contributed by atoms with van der Waals surface area (Å²) in [5.74, 6) is 0.816. The molecule has 0 spiro atoms. The highest BCUT2D eigenvalue weighted by molar-refractivity contribution is 5.33. The van der Waals surface area contributed by atoms with Gasteiger partial charge in [0.1, 0.15) is 11.8 Å². The Labute approximate surface area is 103 Å². The number of benzene rings is 1. The fraction of sp³-hybridized carbons (Fsp3) is 0.500. The SMILES string of the molecule is CCOc1cccc(C(C#N)NC(C)CC)c1. The lowest BCUT2D eigenvalue weighted by molar-refractivity contribution is 0.339. The number of nitrogens with zero attached hydrogens (tertiary/aromatic N) is 1. The van der Waals surface area contributed by atoms with Crippen molar-refractivity contribution in [2.45, 2.75) is 39.3 Å². The molecule has 1 aromatic rings. The zero-order chi connectivity index (χ0) is 12.7. The summed E-state index contributed by atoms with van der Waals surface area (Å²) in [6, 6.07) is 10.0. The van der Waals surface area contributed by atoms with E-state index in [0.717, 1.165) is 17.7 Å². The molecule has 0 aliphatic heterocycles. The number of hydrogen-bond donors (Lipinski definition) is 1. The molecule has 1 rings (SSSR count). The lowest BCUT2D eigenvalue weighted by Crippen LogP contribution is -2.29. The van der Waals surface area contributed by atoms with Crippen molar-refractivity contribution in [2.24, 2.45) is 0 Å². The third-order valence-electron chi connectivity index (χ3n) is 2.70. The molecule has 1 aromatic carbocycles. The van der Waals surface area contributed by atoms with E-state index >= 15 is 0 Å². The van der Waals surface area contributed by atoms with Crippen molar-refractivity contribution < 1.29 is 4.74 Å². The van der Waals surface area contributed by atoms with Crippen LogP contribution >= 0.6 is 0 Å². The molecule has 0 saturated heterocycles. The first kappa shape index (κ1) is 13.5. The second kappa shape index (κ2) is 6.93. The monoisotopic (exact) mass is 232 g/mol. The molecule has 2 unspecified atom stereocenters. The molecule has 92 valence electrons. The Bertz CT molecular complexity index is 384. The molecule has 0 radical (unpaired) electrons. The van der Waals surface area contributed by atoms with Gasteiger partial charge in [0.05, 0.1) is 12.7 Å². The van der Waals surface area contributed by atoms with Crippen LogP contribution < -0.4 is 10.1 Å². The third-order valence-corrected chi connectivity index (χ3v) is 2.70. The molecule has 0 heterocycles. The average Bonchev–Trinajstić information content (AvgIpc) is 2.36. The van der Waals surface area contributed by atoms with E-state index in [-0.39, 0.29) is 6.04 Å². The summed E-state index contributed by atoms with van der Waals surface area (Å²) in [7, 11) is 0. The average molecular weight is 232 g/mol. The van der Waals surface area contributed by atoms with Crippen LogP contribution in [0.1, 0.15) is 38.8 Å². The Balaban J connectivity index is 2.81. The van der Waals surface area contributed by atoms with Crippen LogP contribution in [0.5, 0.6) is 5.75 Å². The number of hydrogen-bond acceptors (Lipinski definition) is 3. The Morgan fingerprint density at radius 3 is 2.76 bits per heavy atom. The Morgan fingerprint density at radius 1 is 1.41 bits per heavy atom. The van der Waals surface area contributed by atoms with E-state index in [0.29, 0.717) is 12.6 Å². The number of nitriles is 1. The van der Waals surface area contributed by atoms with E-state index in [9.17, 15) is 5.26 Å². The zero-order valence-electron chi connectivity index (χ0n) is 10.7. The first-order valence-electron chi connectivity index (χ1n) is 6.09. The summed E-state index contributed by atoms with van der Waals surface area (Å²) in [6.07, 6.45) is 1.00. The lowest BCUT2D eigenvalue weighted by atomic mass is 10.1. The maximum absolute atomic E-state index is 9.19. The molecule has 0 amide bonds. The van der Waals surface area contributed by atoms with E-state index in [2.05, 4.69) is 25.2 Å². The summed E-state index contributed by atoms with van der Waals surface area (Å²) in [5, 5.41) is 12.5. The molecule has 3 heteroatoms. The van der Waals surface area contributed by atoms with Gasteiger partial charge in [0.2, 0.25) is 0 Å². The number of rotatable bonds is 6. The van der Waals surface area contributed by atoms with E-state index in [4.69, 9.17) is 4.74 Å². The van der Waals surface area contributed by atoms with Crippen molar-refractivity contribution >= 4 is 0 Å². The summed E-state index contributed by atoms with van der Waals surface area (Å²) in [4.78, 5) is 0. The highest BCUT2D eigenvalue weighted by Crippen LogP contribution is 2.19. The molecule has 1 N–H and O–H groups in total. The predicted molar refractivity (Wildman–Crippen MR) is 68.9 cm³/mol. The smallest absolute Gasteiger partial charge is 0.121 e. The maximum atomic E-state index is 9.19. The summed E-state index contributed by atoms with van der Waals surface area (Å²) in [6.45, 7) is 6.77. The molecule has 0 aromatic heterocycles. The van der Waals surface area contributed by atoms with Gasteiger partial charge in [-0.2, -0.15) is 5.26 Å². The molecular weight excluding hydrogens is 212 g/mol. The zero-order valence-corrected chi connectivity index (χ0v) is 10.7. The fourth-order valence-electron chi connectivity index (χ4n) is 1.56. The molecule has 0 bridgehead atoms. The van der Waals surface area contributed by atoms with Gasteiger partial charge in [0, 0.05) is 6.04 Å². The van der Waals surface area contributed by atoms with Gasteiger partial charge in [-0.15, -0.1) is 0 Å². The van der Waals surface area contributed by atoms with Gasteiger partial charge in [0.15, 0.2) is 0 Å². The van der Waals surface area contributed by atoms with Crippen molar-refractivity contribution in [3.8, 4) is 11.8 Å². The molecule has 2 atom stereocenters. The molecule has 0 aliphatic carbocycles. The van der Waals surface area contributed by atoms with Gasteiger partial charge in [-0.05, 0) is 38.0 Å². The molecule has 3 nitrogen and oxygen atoms in total. The highest BCUT2D eigenvalue weighted by Gasteiger charge is 2.13. The highest BCUT2D eigenvalue weighted by atomic mass is 16.5. The molecular formula is C14H20N2O. The van der Waals surface area contributed by atoms with E-state index in [1.165, 1.54) is 0 Å². The van der Waals surface area contributed by atoms with Crippen molar-refractivity contribution in [2.75, 3.05) is 6.61 Å². The first-order chi connectivity index (χ1) is 8.21. The van der Waals surface area contributed by atoms with Crippen LogP contribution in [-0.4, -0.2) is 12.6 Å². The standard InChI is InChI=1S/C14H20N2O/c1-4-11(3)16-14(10-15)12-7-6-8-13(9-12)17-5-2/h6-9,11,14,16H,4-5H2,1-3H3. The molecule has 0 saturated carbocycles. The predicted octanol–water partition coefficient (Wildman–Crippen LogP) is 3.04. The molecule has 0 fully saturated rings. The normalized spacial score (nSPS) is 13.8. The molecule has 0 aliphatic rings. The van der Waals surface area contributed by atoms with E-state index < -0.39 is 0 Å². The fourth-order valence-corrected chi connectivity index (χ4v) is 1.56. The van der Waals surface area contributed by atoms with E-state index in [1.807, 2.05) is 31.2 Å². The van der Waals surface area contributed by atoms with Crippen molar-refractivity contribution in [3.63, 3.8) is 0 Å². The lowest BCUT2D eigenvalue weighted by Gasteiger charge is -2.17. The van der Waals surface area contributed by atoms with Gasteiger partial charge >= 0.3 is 0 Å². The van der Waals surface area contributed by atoms with Crippen molar-refractivity contribution in [3.05, 3.63) is 29.8 Å². The van der Waals surface area contributed by atoms with Crippen LogP contribution in [0.3, 0.4) is 0 Å². The third kappa shape index (κ3) is 4.08. The summed E-state index contributed by atoms with van der Waals surface area (Å²) >= 11 is 0. The van der Waals surface area contributed by atoms with Gasteiger partial charge in [-0.3, -0.25) is 5.32 Å². The van der Waals surface area contributed by atoms with Crippen LogP contribution in [0, 0.1) is 11.3 Å². The minimum Gasteiger partial charge on any atom is -0.494 e. The first-order valence-corrected chi connectivity index (χ1v) is 6.09. The van der Waals surface area contributed by atoms with Crippen LogP contribution in [-0.2, 0) is 0 Å². The Morgan fingerprint density at radius 2 is 2.18 bits per heavy atom. The van der Waals surface area contributed by atoms with Crippen molar-refractivity contribution in [1.82, 2.24) is 5.32 Å². The maximum Gasteiger partial charge on any atom is 0.121 e. The molecule has 17 heavy (non-hydrogen) atoms. The van der Waals surface area contributed by atoms with Crippen LogP contribution in [0.25, 0.3) is 0 Å². The topological polar surface area (TPSA) is 45.0 Å².